The molecule has 2 aliphatic heterocycles. The number of likely N-dealkylation sites (tertiary alicyclic amines) is 2. The minimum Gasteiger partial charge on any atom is -0.495 e. The van der Waals surface area contributed by atoms with Crippen molar-refractivity contribution in [1.29, 1.82) is 0 Å². The molecule has 0 spiro atoms. The highest BCUT2D eigenvalue weighted by molar-refractivity contribution is 5.96. The Kier molecular flexibility index (Phi) is 11.2. The number of carbonyl (C=O) groups excluding carboxylic acids is 1. The average molecular weight is 755 g/mol. The number of halogens is 2. The number of aromatic amines is 1. The summed E-state index contributed by atoms with van der Waals surface area (Å²) in [5, 5.41) is 1.15. The number of carbonyl (C=O) groups is 1. The lowest BCUT2D eigenvalue weighted by atomic mass is 9.94. The summed E-state index contributed by atoms with van der Waals surface area (Å²) in [7, 11) is 1.46. The van der Waals surface area contributed by atoms with Gasteiger partial charge in [-0.15, -0.1) is 0 Å². The molecule has 0 unspecified atom stereocenters. The predicted octanol–water partition coefficient (Wildman–Crippen LogP) is 5.19. The zero-order chi connectivity index (χ0) is 38.6. The van der Waals surface area contributed by atoms with E-state index in [9.17, 15) is 19.2 Å². The molecule has 2 atom stereocenters. The molecule has 2 saturated heterocycles. The third-order valence-electron chi connectivity index (χ3n) is 10.7. The standard InChI is InChI=1S/C41H44F2N6O6/c1-3-4-15-48-24-31(29-9-14-44-22-30(29)40(48)52)27-5-7-35(32(42)20-27)55-36-12-16-46(25-33(36)43)23-26-10-17-47(18-11-26)39(51)28-6-8-37(54-2)34(21-28)49-19-13-38(50)45-41(49)53/h5-9,13-14,19-22,24,26,33,36H,3-4,10-12,15-18,23,25H2,1-2H3,(H,45,50,53)/t33-,36-/m1/s1. The van der Waals surface area contributed by atoms with Gasteiger partial charge < -0.3 is 18.9 Å². The highest BCUT2D eigenvalue weighted by Gasteiger charge is 2.34. The summed E-state index contributed by atoms with van der Waals surface area (Å²) in [6, 6.07) is 12.5. The number of hydrogen-bond donors (Lipinski definition) is 1. The number of alkyl halides is 1. The number of nitrogens with zero attached hydrogens (tertiary/aromatic N) is 5. The van der Waals surface area contributed by atoms with Crippen LogP contribution < -0.4 is 26.3 Å². The van der Waals surface area contributed by atoms with Gasteiger partial charge in [0.05, 0.1) is 18.2 Å². The molecule has 2 aromatic carbocycles. The number of methoxy groups -OCH3 is 1. The maximum atomic E-state index is 15.6. The van der Waals surface area contributed by atoms with Crippen molar-refractivity contribution < 1.29 is 23.0 Å². The van der Waals surface area contributed by atoms with Crippen LogP contribution >= 0.6 is 0 Å². The normalized spacial score (nSPS) is 18.1. The Bertz CT molecular complexity index is 2370. The van der Waals surface area contributed by atoms with Crippen LogP contribution in [0, 0.1) is 11.7 Å². The molecular weight excluding hydrogens is 710 g/mol. The molecular formula is C41H44F2N6O6. The highest BCUT2D eigenvalue weighted by atomic mass is 19.1. The van der Waals surface area contributed by atoms with E-state index in [-0.39, 0.29) is 29.7 Å². The van der Waals surface area contributed by atoms with E-state index < -0.39 is 29.3 Å². The largest absolute Gasteiger partial charge is 0.495 e. The number of amides is 1. The Hall–Kier alpha value is -5.63. The third kappa shape index (κ3) is 8.09. The minimum atomic E-state index is -1.31. The van der Waals surface area contributed by atoms with Gasteiger partial charge in [-0.1, -0.05) is 19.4 Å². The number of benzene rings is 2. The molecule has 5 aromatic rings. The number of pyridine rings is 2. The highest BCUT2D eigenvalue weighted by Crippen LogP contribution is 2.32. The number of H-pyrrole nitrogens is 1. The van der Waals surface area contributed by atoms with E-state index in [1.807, 2.05) is 0 Å². The van der Waals surface area contributed by atoms with E-state index in [2.05, 4.69) is 21.8 Å². The zero-order valence-electron chi connectivity index (χ0n) is 30.9. The van der Waals surface area contributed by atoms with Gasteiger partial charge in [-0.25, -0.2) is 13.6 Å². The van der Waals surface area contributed by atoms with Crippen LogP contribution in [-0.4, -0.2) is 86.9 Å². The summed E-state index contributed by atoms with van der Waals surface area (Å²) in [5.41, 5.74) is 0.721. The van der Waals surface area contributed by atoms with E-state index >= 15 is 8.78 Å². The summed E-state index contributed by atoms with van der Waals surface area (Å²) in [6.07, 6.45) is 7.81. The van der Waals surface area contributed by atoms with Crippen molar-refractivity contribution in [2.45, 2.75) is 57.8 Å². The lowest BCUT2D eigenvalue weighted by molar-refractivity contribution is 0.0107. The molecule has 3 aromatic heterocycles. The maximum absolute atomic E-state index is 15.6. The number of aryl methyl sites for hydroxylation is 1. The first-order valence-corrected chi connectivity index (χ1v) is 18.7. The van der Waals surface area contributed by atoms with Crippen LogP contribution in [0.25, 0.3) is 27.6 Å². The van der Waals surface area contributed by atoms with Crippen molar-refractivity contribution in [3.8, 4) is 28.3 Å². The molecule has 0 saturated carbocycles. The molecule has 0 aliphatic carbocycles. The Morgan fingerprint density at radius 2 is 1.78 bits per heavy atom. The third-order valence-corrected chi connectivity index (χ3v) is 10.7. The quantitative estimate of drug-likeness (QED) is 0.195. The summed E-state index contributed by atoms with van der Waals surface area (Å²) < 4.78 is 45.3. The van der Waals surface area contributed by atoms with Crippen molar-refractivity contribution in [2.24, 2.45) is 5.92 Å². The number of aromatic nitrogens is 4. The monoisotopic (exact) mass is 754 g/mol. The molecule has 1 amide bonds. The van der Waals surface area contributed by atoms with E-state index in [1.54, 1.807) is 58.4 Å². The molecule has 0 bridgehead atoms. The van der Waals surface area contributed by atoms with Gasteiger partial charge in [0.15, 0.2) is 11.6 Å². The van der Waals surface area contributed by atoms with Gasteiger partial charge in [0, 0.05) is 81.2 Å². The molecule has 55 heavy (non-hydrogen) atoms. The molecule has 2 fully saturated rings. The zero-order valence-corrected chi connectivity index (χ0v) is 30.9. The van der Waals surface area contributed by atoms with Crippen molar-refractivity contribution in [3.05, 3.63) is 116 Å². The Morgan fingerprint density at radius 3 is 2.51 bits per heavy atom. The molecule has 12 nitrogen and oxygen atoms in total. The lowest BCUT2D eigenvalue weighted by Gasteiger charge is -2.39. The first-order valence-electron chi connectivity index (χ1n) is 18.7. The smallest absolute Gasteiger partial charge is 0.333 e. The first kappa shape index (κ1) is 37.7. The molecule has 5 heterocycles. The number of ether oxygens (including phenoxy) is 2. The number of piperidine rings is 2. The maximum Gasteiger partial charge on any atom is 0.333 e. The number of nitrogens with one attached hydrogen (secondary N) is 1. The van der Waals surface area contributed by atoms with Gasteiger partial charge >= 0.3 is 5.69 Å². The van der Waals surface area contributed by atoms with E-state index in [0.717, 1.165) is 25.7 Å². The fourth-order valence-electron chi connectivity index (χ4n) is 7.62. The second kappa shape index (κ2) is 16.4. The van der Waals surface area contributed by atoms with Gasteiger partial charge in [-0.05, 0) is 78.9 Å². The number of rotatable bonds is 11. The van der Waals surface area contributed by atoms with Gasteiger partial charge in [0.2, 0.25) is 0 Å². The number of unbranched alkanes of at least 4 members (excludes halogenated alkanes) is 1. The van der Waals surface area contributed by atoms with Crippen molar-refractivity contribution in [1.82, 2.24) is 28.9 Å². The summed E-state index contributed by atoms with van der Waals surface area (Å²) in [5.74, 6) is -0.143. The van der Waals surface area contributed by atoms with Crippen LogP contribution in [0.4, 0.5) is 8.78 Å². The fourth-order valence-corrected chi connectivity index (χ4v) is 7.62. The average Bonchev–Trinajstić information content (AvgIpc) is 3.19. The SMILES string of the molecule is CCCCn1cc(-c2ccc(O[C@@H]3CCN(CC4CCN(C(=O)c5ccc(OC)c(-n6ccc(=O)[nH]c6=O)c5)CC4)C[C@H]3F)c(F)c2)c2ccncc2c1=O. The van der Waals surface area contributed by atoms with Crippen molar-refractivity contribution >= 4 is 16.7 Å². The number of fused-ring (bicyclic) bond motifs is 1. The fraction of sp³-hybridized carbons (Fsp3) is 0.390. The van der Waals surface area contributed by atoms with Crippen LogP contribution in [0.5, 0.6) is 11.5 Å². The molecule has 288 valence electrons. The Balaban J connectivity index is 0.940. The summed E-state index contributed by atoms with van der Waals surface area (Å²) >= 11 is 0. The minimum absolute atomic E-state index is 0.0121. The summed E-state index contributed by atoms with van der Waals surface area (Å²) in [4.78, 5) is 60.8. The second-order valence-corrected chi connectivity index (χ2v) is 14.3. The van der Waals surface area contributed by atoms with Crippen molar-refractivity contribution in [3.63, 3.8) is 0 Å². The van der Waals surface area contributed by atoms with E-state index in [0.29, 0.717) is 78.0 Å². The van der Waals surface area contributed by atoms with Gasteiger partial charge in [-0.3, -0.25) is 33.8 Å². The van der Waals surface area contributed by atoms with E-state index in [1.165, 1.54) is 36.1 Å². The predicted molar refractivity (Wildman–Crippen MR) is 205 cm³/mol. The first-order chi connectivity index (χ1) is 26.6. The molecule has 1 N–H and O–H groups in total. The Labute approximate surface area is 315 Å². The molecule has 7 rings (SSSR count). The van der Waals surface area contributed by atoms with Crippen LogP contribution in [0.1, 0.15) is 49.4 Å². The van der Waals surface area contributed by atoms with Gasteiger partial charge in [-0.2, -0.15) is 0 Å². The van der Waals surface area contributed by atoms with E-state index in [4.69, 9.17) is 9.47 Å². The van der Waals surface area contributed by atoms with Gasteiger partial charge in [0.1, 0.15) is 18.0 Å². The van der Waals surface area contributed by atoms with Crippen LogP contribution in [0.3, 0.4) is 0 Å². The van der Waals surface area contributed by atoms with Crippen LogP contribution in [-0.2, 0) is 6.54 Å². The molecule has 2 aliphatic rings. The lowest BCUT2D eigenvalue weighted by Crippen LogP contribution is -2.49. The molecule has 14 heteroatoms. The topological polar surface area (TPSA) is 132 Å². The second-order valence-electron chi connectivity index (χ2n) is 14.3. The summed E-state index contributed by atoms with van der Waals surface area (Å²) in [6.45, 7) is 5.11. The van der Waals surface area contributed by atoms with Gasteiger partial charge in [0.25, 0.3) is 17.0 Å². The van der Waals surface area contributed by atoms with Crippen molar-refractivity contribution in [2.75, 3.05) is 39.8 Å². The molecule has 0 radical (unpaired) electrons. The van der Waals surface area contributed by atoms with Crippen LogP contribution in [0.15, 0.2) is 87.7 Å². The van der Waals surface area contributed by atoms with Crippen LogP contribution in [0.2, 0.25) is 0 Å². The number of hydrogen-bond acceptors (Lipinski definition) is 8. The Morgan fingerprint density at radius 1 is 0.982 bits per heavy atom.